The number of carbonyl (C=O) groups is 2. The third-order valence-corrected chi connectivity index (χ3v) is 10.6. The van der Waals surface area contributed by atoms with Crippen LogP contribution in [0.3, 0.4) is 0 Å². The summed E-state index contributed by atoms with van der Waals surface area (Å²) in [6, 6.07) is 34.4. The molecule has 62 heavy (non-hydrogen) atoms. The van der Waals surface area contributed by atoms with Crippen LogP contribution in [-0.2, 0) is 0 Å². The lowest BCUT2D eigenvalue weighted by atomic mass is 10.2. The van der Waals surface area contributed by atoms with Crippen molar-refractivity contribution < 1.29 is 19.1 Å². The normalized spacial score (nSPS) is 13.9. The molecule has 6 rings (SSSR count). The molecule has 2 heterocycles. The standard InChI is InChI=1S/2C22H30ClN5O2.2ClH/c2*23-19-6-4-7-20(18-19)27-15-13-26(14-16-27)11-5-12-28(24)22(29)25-10-17-30-21-8-2-1-3-9-21;;/h2*1-4,6-9,18H,5,10-17,24H2,(H,25,29);2*1H. The highest BCUT2D eigenvalue weighted by molar-refractivity contribution is 6.31. The minimum atomic E-state index is -0.280. The van der Waals surface area contributed by atoms with E-state index in [1.54, 1.807) is 0 Å². The molecule has 4 amide bonds. The van der Waals surface area contributed by atoms with Gasteiger partial charge in [0.1, 0.15) is 24.7 Å². The first-order valence-electron chi connectivity index (χ1n) is 20.6. The molecule has 2 aliphatic rings. The van der Waals surface area contributed by atoms with E-state index in [1.165, 1.54) is 21.4 Å². The number of amides is 4. The van der Waals surface area contributed by atoms with Crippen molar-refractivity contribution >= 4 is 71.5 Å². The Kier molecular flexibility index (Phi) is 24.4. The Morgan fingerprint density at radius 1 is 0.548 bits per heavy atom. The van der Waals surface area contributed by atoms with Crippen molar-refractivity contribution in [2.24, 2.45) is 11.7 Å². The smallest absolute Gasteiger partial charge is 0.331 e. The highest BCUT2D eigenvalue weighted by Crippen LogP contribution is 2.22. The number of nitrogens with two attached hydrogens (primary N) is 2. The molecule has 0 spiro atoms. The highest BCUT2D eigenvalue weighted by atomic mass is 35.5. The number of benzene rings is 4. The first-order valence-corrected chi connectivity index (χ1v) is 21.4. The summed E-state index contributed by atoms with van der Waals surface area (Å²) < 4.78 is 11.1. The third-order valence-electron chi connectivity index (χ3n) is 10.1. The van der Waals surface area contributed by atoms with Crippen LogP contribution in [0, 0.1) is 0 Å². The van der Waals surface area contributed by atoms with Crippen LogP contribution in [0.1, 0.15) is 12.8 Å². The molecule has 2 fully saturated rings. The Bertz CT molecular complexity index is 1710. The van der Waals surface area contributed by atoms with Gasteiger partial charge in [0.2, 0.25) is 0 Å². The average Bonchev–Trinajstić information content (AvgIpc) is 3.28. The van der Waals surface area contributed by atoms with Gasteiger partial charge in [-0.15, -0.1) is 24.8 Å². The van der Waals surface area contributed by atoms with Crippen LogP contribution in [-0.4, -0.2) is 137 Å². The summed E-state index contributed by atoms with van der Waals surface area (Å²) in [5.74, 6) is 13.3. The summed E-state index contributed by atoms with van der Waals surface area (Å²) in [4.78, 5) is 33.6. The summed E-state index contributed by atoms with van der Waals surface area (Å²) in [6.07, 6.45) is 1.67. The molecule has 18 heteroatoms. The quantitative estimate of drug-likeness (QED) is 0.0379. The van der Waals surface area contributed by atoms with Crippen LogP contribution in [0.5, 0.6) is 11.5 Å². The van der Waals surface area contributed by atoms with Crippen molar-refractivity contribution in [1.82, 2.24) is 30.5 Å². The minimum Gasteiger partial charge on any atom is -0.492 e. The van der Waals surface area contributed by atoms with E-state index in [2.05, 4.69) is 42.4 Å². The van der Waals surface area contributed by atoms with Crippen molar-refractivity contribution in [3.63, 3.8) is 0 Å². The number of para-hydroxylation sites is 2. The van der Waals surface area contributed by atoms with Crippen LogP contribution in [0.15, 0.2) is 109 Å². The van der Waals surface area contributed by atoms with Crippen LogP contribution in [0.2, 0.25) is 10.0 Å². The highest BCUT2D eigenvalue weighted by Gasteiger charge is 2.19. The van der Waals surface area contributed by atoms with E-state index in [4.69, 9.17) is 44.4 Å². The lowest BCUT2D eigenvalue weighted by Crippen LogP contribution is -2.49. The zero-order valence-corrected chi connectivity index (χ0v) is 38.3. The molecular formula is C44H62Cl4N10O4. The average molecular weight is 937 g/mol. The van der Waals surface area contributed by atoms with Crippen LogP contribution in [0.4, 0.5) is 21.0 Å². The van der Waals surface area contributed by atoms with Gasteiger partial charge in [0.15, 0.2) is 0 Å². The number of nitrogens with one attached hydrogen (secondary N) is 2. The van der Waals surface area contributed by atoms with Crippen LogP contribution < -0.4 is 41.6 Å². The number of nitrogens with zero attached hydrogens (tertiary/aromatic N) is 6. The molecule has 0 aliphatic carbocycles. The van der Waals surface area contributed by atoms with Crippen LogP contribution >= 0.6 is 48.0 Å². The Labute approximate surface area is 389 Å². The van der Waals surface area contributed by atoms with Gasteiger partial charge in [0.05, 0.1) is 13.1 Å². The molecule has 14 nitrogen and oxygen atoms in total. The largest absolute Gasteiger partial charge is 0.492 e. The number of carbonyl (C=O) groups excluding carboxylic acids is 2. The monoisotopic (exact) mass is 934 g/mol. The molecule has 0 radical (unpaired) electrons. The zero-order valence-electron chi connectivity index (χ0n) is 35.2. The fourth-order valence-corrected chi connectivity index (χ4v) is 7.20. The second-order valence-corrected chi connectivity index (χ2v) is 15.4. The van der Waals surface area contributed by atoms with Gasteiger partial charge in [-0.3, -0.25) is 19.8 Å². The van der Waals surface area contributed by atoms with Gasteiger partial charge in [-0.1, -0.05) is 71.7 Å². The van der Waals surface area contributed by atoms with E-state index in [9.17, 15) is 9.59 Å². The molecule has 2 saturated heterocycles. The SMILES string of the molecule is Cl.Cl.NN(CCCN1CCN(c2cccc(Cl)c2)CC1)C(=O)NCCOc1ccccc1.NN(CCCN1CCN(c2cccc(Cl)c2)CC1)C(=O)NCCOc1ccccc1. The summed E-state index contributed by atoms with van der Waals surface area (Å²) in [5.41, 5.74) is 2.34. The molecule has 6 N–H and O–H groups in total. The van der Waals surface area contributed by atoms with Gasteiger partial charge in [-0.05, 0) is 73.5 Å². The van der Waals surface area contributed by atoms with Gasteiger partial charge in [-0.25, -0.2) is 21.3 Å². The van der Waals surface area contributed by atoms with Crippen molar-refractivity contribution in [1.29, 1.82) is 0 Å². The maximum Gasteiger partial charge on any atom is 0.331 e. The summed E-state index contributed by atoms with van der Waals surface area (Å²) in [7, 11) is 0. The number of halogens is 4. The van der Waals surface area contributed by atoms with E-state index in [0.717, 1.165) is 99.8 Å². The number of piperazine rings is 2. The van der Waals surface area contributed by atoms with Gasteiger partial charge in [0.25, 0.3) is 0 Å². The Hall–Kier alpha value is -4.38. The summed E-state index contributed by atoms with van der Waals surface area (Å²) in [5, 5.41) is 9.57. The van der Waals surface area contributed by atoms with Gasteiger partial charge in [-0.2, -0.15) is 0 Å². The molecule has 340 valence electrons. The lowest BCUT2D eigenvalue weighted by molar-refractivity contribution is 0.187. The Morgan fingerprint density at radius 2 is 0.919 bits per heavy atom. The third kappa shape index (κ3) is 18.9. The van der Waals surface area contributed by atoms with E-state index in [0.29, 0.717) is 39.4 Å². The Morgan fingerprint density at radius 3 is 1.27 bits per heavy atom. The number of ether oxygens (including phenoxy) is 2. The van der Waals surface area contributed by atoms with Crippen molar-refractivity contribution in [3.8, 4) is 11.5 Å². The fraction of sp³-hybridized carbons (Fsp3) is 0.409. The first-order chi connectivity index (χ1) is 29.2. The molecule has 0 bridgehead atoms. The maximum absolute atomic E-state index is 12.1. The predicted molar refractivity (Wildman–Crippen MR) is 256 cm³/mol. The van der Waals surface area contributed by atoms with E-state index in [1.807, 2.05) is 97.1 Å². The number of anilines is 2. The molecule has 4 aromatic rings. The van der Waals surface area contributed by atoms with Gasteiger partial charge >= 0.3 is 12.1 Å². The number of hydrogen-bond acceptors (Lipinski definition) is 10. The van der Waals surface area contributed by atoms with E-state index >= 15 is 0 Å². The maximum atomic E-state index is 12.1. The van der Waals surface area contributed by atoms with Crippen molar-refractivity contribution in [3.05, 3.63) is 119 Å². The molecule has 4 aromatic carbocycles. The molecule has 2 aliphatic heterocycles. The molecule has 0 aromatic heterocycles. The topological polar surface area (TPSA) is 148 Å². The summed E-state index contributed by atoms with van der Waals surface area (Å²) in [6.45, 7) is 12.3. The Balaban J connectivity index is 0.000000320. The number of urea groups is 2. The van der Waals surface area contributed by atoms with Crippen molar-refractivity contribution in [2.75, 3.05) is 115 Å². The summed E-state index contributed by atoms with van der Waals surface area (Å²) >= 11 is 12.2. The number of rotatable bonds is 18. The molecule has 0 saturated carbocycles. The van der Waals surface area contributed by atoms with Gasteiger partial charge in [0, 0.05) is 100.0 Å². The van der Waals surface area contributed by atoms with E-state index in [-0.39, 0.29) is 36.9 Å². The second kappa shape index (κ2) is 29.1. The lowest BCUT2D eigenvalue weighted by Gasteiger charge is -2.36. The molecule has 0 unspecified atom stereocenters. The van der Waals surface area contributed by atoms with Crippen molar-refractivity contribution in [2.45, 2.75) is 12.8 Å². The zero-order chi connectivity index (χ0) is 42.4. The predicted octanol–water partition coefficient (Wildman–Crippen LogP) is 6.48. The number of hydrogen-bond donors (Lipinski definition) is 4. The fourth-order valence-electron chi connectivity index (χ4n) is 6.83. The molecule has 0 atom stereocenters. The molecular weight excluding hydrogens is 874 g/mol. The van der Waals surface area contributed by atoms with E-state index < -0.39 is 0 Å². The number of hydrazine groups is 2. The van der Waals surface area contributed by atoms with Gasteiger partial charge < -0.3 is 29.9 Å². The second-order valence-electron chi connectivity index (χ2n) is 14.5. The minimum absolute atomic E-state index is 0. The van der Waals surface area contributed by atoms with Crippen LogP contribution in [0.25, 0.3) is 0 Å². The first kappa shape index (κ1) is 52.0.